The Morgan fingerprint density at radius 1 is 1.22 bits per heavy atom. The fourth-order valence-electron chi connectivity index (χ4n) is 2.01. The van der Waals surface area contributed by atoms with Crippen LogP contribution in [0.1, 0.15) is 6.92 Å². The Balaban J connectivity index is 2.39. The van der Waals surface area contributed by atoms with Crippen LogP contribution in [0.5, 0.6) is 0 Å². The van der Waals surface area contributed by atoms with Crippen molar-refractivity contribution in [1.29, 1.82) is 10.5 Å². The van der Waals surface area contributed by atoms with Gasteiger partial charge >= 0.3 is 0 Å². The van der Waals surface area contributed by atoms with Crippen LogP contribution in [0.3, 0.4) is 0 Å². The van der Waals surface area contributed by atoms with Crippen LogP contribution in [0.15, 0.2) is 42.5 Å². The largest absolute Gasteiger partial charge is 0.354 e. The van der Waals surface area contributed by atoms with Crippen LogP contribution in [0.2, 0.25) is 0 Å². The van der Waals surface area contributed by atoms with Crippen LogP contribution in [-0.4, -0.2) is 10.9 Å². The number of rotatable bonds is 3. The molecule has 0 saturated heterocycles. The van der Waals surface area contributed by atoms with E-state index in [1.807, 2.05) is 24.3 Å². The van der Waals surface area contributed by atoms with Crippen molar-refractivity contribution in [2.24, 2.45) is 0 Å². The van der Waals surface area contributed by atoms with E-state index in [1.165, 1.54) is 0 Å². The lowest BCUT2D eigenvalue weighted by Crippen LogP contribution is -2.11. The SMILES string of the molecule is C=C(C)C(=O)Nc1ccc(-c2cc(=C(C#N)C#N)[nH]c2=C)cc1. The number of aromatic nitrogens is 1. The van der Waals surface area contributed by atoms with Crippen molar-refractivity contribution >= 4 is 23.7 Å². The molecule has 112 valence electrons. The number of benzene rings is 1. The maximum Gasteiger partial charge on any atom is 0.250 e. The Labute approximate surface area is 133 Å². The molecule has 1 amide bonds. The summed E-state index contributed by atoms with van der Waals surface area (Å²) < 4.78 is 0. The maximum absolute atomic E-state index is 11.6. The zero-order chi connectivity index (χ0) is 17.0. The van der Waals surface area contributed by atoms with E-state index in [4.69, 9.17) is 10.5 Å². The summed E-state index contributed by atoms with van der Waals surface area (Å²) in [6, 6.07) is 12.6. The van der Waals surface area contributed by atoms with Gasteiger partial charge in [0.15, 0.2) is 5.57 Å². The molecule has 0 radical (unpaired) electrons. The van der Waals surface area contributed by atoms with E-state index < -0.39 is 0 Å². The predicted octanol–water partition coefficient (Wildman–Crippen LogP) is 1.80. The molecule has 1 aromatic carbocycles. The second-order valence-corrected chi connectivity index (χ2v) is 4.99. The lowest BCUT2D eigenvalue weighted by molar-refractivity contribution is -0.112. The number of nitriles is 2. The second-order valence-electron chi connectivity index (χ2n) is 4.99. The lowest BCUT2D eigenvalue weighted by Gasteiger charge is -2.05. The number of amides is 1. The number of carbonyl (C=O) groups excluding carboxylic acids is 1. The molecule has 0 fully saturated rings. The van der Waals surface area contributed by atoms with E-state index in [2.05, 4.69) is 23.5 Å². The molecule has 2 aromatic rings. The summed E-state index contributed by atoms with van der Waals surface area (Å²) in [5, 5.41) is 21.6. The van der Waals surface area contributed by atoms with Gasteiger partial charge in [-0.3, -0.25) is 4.79 Å². The highest BCUT2D eigenvalue weighted by molar-refractivity contribution is 6.02. The van der Waals surface area contributed by atoms with Gasteiger partial charge < -0.3 is 10.3 Å². The van der Waals surface area contributed by atoms with Crippen molar-refractivity contribution in [3.63, 3.8) is 0 Å². The molecule has 5 nitrogen and oxygen atoms in total. The Morgan fingerprint density at radius 3 is 2.35 bits per heavy atom. The first-order valence-corrected chi connectivity index (χ1v) is 6.76. The Morgan fingerprint density at radius 2 is 1.83 bits per heavy atom. The fraction of sp³-hybridized carbons (Fsp3) is 0.0556. The molecule has 0 aliphatic heterocycles. The molecule has 0 aliphatic rings. The number of nitrogens with one attached hydrogen (secondary N) is 2. The molecule has 0 unspecified atom stereocenters. The normalized spacial score (nSPS) is 9.52. The molecule has 2 N–H and O–H groups in total. The van der Waals surface area contributed by atoms with Crippen molar-refractivity contribution in [2.45, 2.75) is 6.92 Å². The number of aromatic amines is 1. The van der Waals surface area contributed by atoms with Gasteiger partial charge in [-0.2, -0.15) is 10.5 Å². The molecule has 2 rings (SSSR count). The van der Waals surface area contributed by atoms with Gasteiger partial charge in [-0.05, 0) is 30.7 Å². The van der Waals surface area contributed by atoms with Crippen LogP contribution < -0.4 is 16.0 Å². The highest BCUT2D eigenvalue weighted by Crippen LogP contribution is 2.18. The minimum absolute atomic E-state index is 0.00601. The summed E-state index contributed by atoms with van der Waals surface area (Å²) in [6.45, 7) is 9.11. The first-order chi connectivity index (χ1) is 11.0. The number of carbonyl (C=O) groups is 1. The van der Waals surface area contributed by atoms with E-state index in [1.54, 1.807) is 25.1 Å². The number of anilines is 1. The van der Waals surface area contributed by atoms with Crippen molar-refractivity contribution in [3.05, 3.63) is 53.2 Å². The van der Waals surface area contributed by atoms with Gasteiger partial charge in [0.05, 0.1) is 5.35 Å². The molecule has 5 heteroatoms. The molecular formula is C18H14N4O. The molecule has 23 heavy (non-hydrogen) atoms. The average molecular weight is 302 g/mol. The molecular weight excluding hydrogens is 288 g/mol. The summed E-state index contributed by atoms with van der Waals surface area (Å²) in [6.07, 6.45) is 0. The van der Waals surface area contributed by atoms with Crippen molar-refractivity contribution in [1.82, 2.24) is 4.98 Å². The molecule has 1 aromatic heterocycles. The third kappa shape index (κ3) is 3.37. The van der Waals surface area contributed by atoms with E-state index in [0.717, 1.165) is 11.1 Å². The molecule has 0 aliphatic carbocycles. The van der Waals surface area contributed by atoms with Gasteiger partial charge in [0, 0.05) is 22.2 Å². The van der Waals surface area contributed by atoms with Crippen LogP contribution >= 0.6 is 0 Å². The molecule has 0 bridgehead atoms. The summed E-state index contributed by atoms with van der Waals surface area (Å²) in [5.74, 6) is -0.234. The molecule has 0 atom stereocenters. The Bertz CT molecular complexity index is 950. The highest BCUT2D eigenvalue weighted by Gasteiger charge is 2.06. The summed E-state index contributed by atoms with van der Waals surface area (Å²) in [7, 11) is 0. The quantitative estimate of drug-likeness (QED) is 0.847. The van der Waals surface area contributed by atoms with Gasteiger partial charge in [-0.25, -0.2) is 0 Å². The smallest absolute Gasteiger partial charge is 0.250 e. The van der Waals surface area contributed by atoms with E-state index in [9.17, 15) is 4.79 Å². The third-order valence-corrected chi connectivity index (χ3v) is 3.23. The van der Waals surface area contributed by atoms with E-state index >= 15 is 0 Å². The number of hydrogen-bond acceptors (Lipinski definition) is 3. The van der Waals surface area contributed by atoms with E-state index in [0.29, 0.717) is 22.0 Å². The minimum atomic E-state index is -0.234. The standard InChI is InChI=1S/C18H14N4O/c1-11(2)18(23)22-15-6-4-13(5-7-15)16-8-17(21-12(16)3)14(9-19)10-20/h4-8,21H,1,3H2,2H3,(H,22,23). The number of hydrogen-bond donors (Lipinski definition) is 2. The molecule has 0 saturated carbocycles. The third-order valence-electron chi connectivity index (χ3n) is 3.23. The molecule has 1 heterocycles. The Kier molecular flexibility index (Phi) is 4.44. The highest BCUT2D eigenvalue weighted by atomic mass is 16.1. The van der Waals surface area contributed by atoms with Crippen LogP contribution in [0.4, 0.5) is 5.69 Å². The topological polar surface area (TPSA) is 92.5 Å². The fourth-order valence-corrected chi connectivity index (χ4v) is 2.01. The second kappa shape index (κ2) is 6.46. The zero-order valence-corrected chi connectivity index (χ0v) is 12.6. The average Bonchev–Trinajstić information content (AvgIpc) is 2.91. The minimum Gasteiger partial charge on any atom is -0.354 e. The predicted molar refractivity (Wildman–Crippen MR) is 89.1 cm³/mol. The van der Waals surface area contributed by atoms with Crippen molar-refractivity contribution < 1.29 is 4.79 Å². The first-order valence-electron chi connectivity index (χ1n) is 6.76. The maximum atomic E-state index is 11.6. The number of nitrogens with zero attached hydrogens (tertiary/aromatic N) is 2. The van der Waals surface area contributed by atoms with Gasteiger partial charge in [0.2, 0.25) is 0 Å². The van der Waals surface area contributed by atoms with Gasteiger partial charge in [0.25, 0.3) is 5.91 Å². The van der Waals surface area contributed by atoms with Crippen LogP contribution in [0, 0.1) is 22.7 Å². The monoisotopic (exact) mass is 302 g/mol. The van der Waals surface area contributed by atoms with Crippen molar-refractivity contribution in [2.75, 3.05) is 5.32 Å². The summed E-state index contributed by atoms with van der Waals surface area (Å²) >= 11 is 0. The van der Waals surface area contributed by atoms with Gasteiger partial charge in [0.1, 0.15) is 12.1 Å². The first kappa shape index (κ1) is 15.8. The van der Waals surface area contributed by atoms with Crippen LogP contribution in [-0.2, 0) is 4.79 Å². The van der Waals surface area contributed by atoms with Crippen molar-refractivity contribution in [3.8, 4) is 23.3 Å². The summed E-state index contributed by atoms with van der Waals surface area (Å²) in [5.41, 5.74) is 2.75. The Hall–Kier alpha value is -3.57. The molecule has 0 spiro atoms. The number of H-pyrrole nitrogens is 1. The van der Waals surface area contributed by atoms with E-state index in [-0.39, 0.29) is 11.5 Å². The lowest BCUT2D eigenvalue weighted by atomic mass is 10.1. The zero-order valence-electron chi connectivity index (χ0n) is 12.6. The van der Waals surface area contributed by atoms with Crippen LogP contribution in [0.25, 0.3) is 23.3 Å². The summed E-state index contributed by atoms with van der Waals surface area (Å²) in [4.78, 5) is 14.5. The van der Waals surface area contributed by atoms with Gasteiger partial charge in [-0.1, -0.05) is 25.3 Å². The van der Waals surface area contributed by atoms with Gasteiger partial charge in [-0.15, -0.1) is 0 Å².